The number of nitrogens with zero attached hydrogens (tertiary/aromatic N) is 3. The van der Waals surface area contributed by atoms with E-state index in [4.69, 9.17) is 4.74 Å². The van der Waals surface area contributed by atoms with E-state index in [0.717, 1.165) is 25.3 Å². The van der Waals surface area contributed by atoms with Crippen molar-refractivity contribution in [3.63, 3.8) is 0 Å². The number of benzene rings is 2. The summed E-state index contributed by atoms with van der Waals surface area (Å²) in [6.45, 7) is 1.06. The van der Waals surface area contributed by atoms with Crippen molar-refractivity contribution in [2.45, 2.75) is 12.5 Å². The molecule has 0 aliphatic rings. The Morgan fingerprint density at radius 3 is 2.33 bits per heavy atom. The molecule has 3 rings (SSSR count). The number of likely N-dealkylation sites (N-methyl/N-ethyl adjacent to an activating group) is 1. The fraction of sp³-hybridized carbons (Fsp3) is 0.304. The molecule has 3 aromatic rings. The van der Waals surface area contributed by atoms with Crippen molar-refractivity contribution in [2.75, 3.05) is 44.9 Å². The van der Waals surface area contributed by atoms with Crippen LogP contribution in [0.3, 0.4) is 0 Å². The molecular weight excluding hydrogens is 492 g/mol. The van der Waals surface area contributed by atoms with Crippen LogP contribution in [0.1, 0.15) is 5.56 Å². The summed E-state index contributed by atoms with van der Waals surface area (Å²) in [5.41, 5.74) is -0.410. The fourth-order valence-electron chi connectivity index (χ4n) is 3.14. The molecule has 13 heteroatoms. The minimum Gasteiger partial charge on any atom is -0.496 e. The molecular formula is C23H23F6N5O2. The third kappa shape index (κ3) is 7.63. The van der Waals surface area contributed by atoms with E-state index >= 15 is 0 Å². The van der Waals surface area contributed by atoms with Gasteiger partial charge in [0.25, 0.3) is 0 Å². The molecule has 2 N–H and O–H groups in total. The zero-order valence-electron chi connectivity index (χ0n) is 19.5. The number of ether oxygens (including phenoxy) is 2. The Morgan fingerprint density at radius 2 is 1.69 bits per heavy atom. The van der Waals surface area contributed by atoms with Crippen molar-refractivity contribution in [2.24, 2.45) is 0 Å². The van der Waals surface area contributed by atoms with Gasteiger partial charge in [0.1, 0.15) is 17.3 Å². The van der Waals surface area contributed by atoms with Crippen LogP contribution in [0, 0.1) is 0 Å². The number of hydrogen-bond donors (Lipinski definition) is 2. The Hall–Kier alpha value is -3.74. The Bertz CT molecular complexity index is 1180. The van der Waals surface area contributed by atoms with Crippen LogP contribution in [0.5, 0.6) is 11.5 Å². The lowest BCUT2D eigenvalue weighted by Gasteiger charge is -2.16. The van der Waals surface area contributed by atoms with E-state index in [1.54, 1.807) is 0 Å². The number of methoxy groups -OCH3 is 1. The van der Waals surface area contributed by atoms with Gasteiger partial charge in [-0.25, -0.2) is 4.98 Å². The van der Waals surface area contributed by atoms with E-state index in [2.05, 4.69) is 25.3 Å². The van der Waals surface area contributed by atoms with E-state index in [1.807, 2.05) is 19.0 Å². The highest BCUT2D eigenvalue weighted by Gasteiger charge is 2.34. The molecule has 194 valence electrons. The summed E-state index contributed by atoms with van der Waals surface area (Å²) < 4.78 is 87.0. The van der Waals surface area contributed by atoms with Crippen molar-refractivity contribution >= 4 is 17.5 Å². The Labute approximate surface area is 203 Å². The van der Waals surface area contributed by atoms with Gasteiger partial charge in [0.05, 0.1) is 18.4 Å². The Kier molecular flexibility index (Phi) is 8.13. The maximum atomic E-state index is 13.4. The zero-order valence-corrected chi connectivity index (χ0v) is 19.5. The number of hydrogen-bond acceptors (Lipinski definition) is 7. The lowest BCUT2D eigenvalue weighted by Crippen LogP contribution is -2.21. The first-order valence-corrected chi connectivity index (χ1v) is 10.5. The monoisotopic (exact) mass is 515 g/mol. The molecule has 0 amide bonds. The summed E-state index contributed by atoms with van der Waals surface area (Å²) in [6, 6.07) is 10.0. The first kappa shape index (κ1) is 26.9. The van der Waals surface area contributed by atoms with Gasteiger partial charge in [0, 0.05) is 30.4 Å². The van der Waals surface area contributed by atoms with E-state index < -0.39 is 23.9 Å². The summed E-state index contributed by atoms with van der Waals surface area (Å²) >= 11 is 0. The van der Waals surface area contributed by atoms with Crippen LogP contribution in [0.2, 0.25) is 0 Å². The number of aromatic nitrogens is 2. The van der Waals surface area contributed by atoms with Crippen LogP contribution in [0.4, 0.5) is 43.8 Å². The summed E-state index contributed by atoms with van der Waals surface area (Å²) in [7, 11) is 4.86. The van der Waals surface area contributed by atoms with Crippen LogP contribution in [0.15, 0.2) is 48.5 Å². The molecule has 7 nitrogen and oxygen atoms in total. The fourth-order valence-corrected chi connectivity index (χ4v) is 3.14. The van der Waals surface area contributed by atoms with E-state index in [9.17, 15) is 26.3 Å². The smallest absolute Gasteiger partial charge is 0.496 e. The average molecular weight is 515 g/mol. The van der Waals surface area contributed by atoms with Crippen LogP contribution in [0.25, 0.3) is 11.3 Å². The minimum absolute atomic E-state index is 0.0705. The quantitative estimate of drug-likeness (QED) is 0.350. The van der Waals surface area contributed by atoms with Gasteiger partial charge >= 0.3 is 12.5 Å². The van der Waals surface area contributed by atoms with Crippen molar-refractivity contribution < 1.29 is 35.8 Å². The van der Waals surface area contributed by atoms with E-state index in [0.29, 0.717) is 13.1 Å². The van der Waals surface area contributed by atoms with E-state index in [-0.39, 0.29) is 34.5 Å². The zero-order chi connectivity index (χ0) is 26.5. The van der Waals surface area contributed by atoms with Gasteiger partial charge in [0.15, 0.2) is 0 Å². The lowest BCUT2D eigenvalue weighted by atomic mass is 10.1. The number of anilines is 3. The van der Waals surface area contributed by atoms with Gasteiger partial charge in [-0.2, -0.15) is 18.2 Å². The molecule has 0 spiro atoms. The molecule has 1 heterocycles. The first-order valence-electron chi connectivity index (χ1n) is 10.5. The topological polar surface area (TPSA) is 71.5 Å². The Balaban J connectivity index is 1.99. The molecule has 0 bridgehead atoms. The number of rotatable bonds is 9. The largest absolute Gasteiger partial charge is 0.573 e. The predicted molar refractivity (Wildman–Crippen MR) is 122 cm³/mol. The van der Waals surface area contributed by atoms with Gasteiger partial charge in [-0.05, 0) is 44.4 Å². The predicted octanol–water partition coefficient (Wildman–Crippen LogP) is 5.79. The van der Waals surface area contributed by atoms with Crippen molar-refractivity contribution in [1.82, 2.24) is 14.9 Å². The highest BCUT2D eigenvalue weighted by Crippen LogP contribution is 2.38. The SMILES string of the molecule is COc1ccc(Nc2cc(-c3cccc(OC(F)(F)F)c3)nc(NCCN(C)C)n2)cc1C(F)(F)F. The van der Waals surface area contributed by atoms with Crippen LogP contribution in [-0.4, -0.2) is 55.5 Å². The lowest BCUT2D eigenvalue weighted by molar-refractivity contribution is -0.274. The molecule has 0 saturated heterocycles. The molecule has 36 heavy (non-hydrogen) atoms. The summed E-state index contributed by atoms with van der Waals surface area (Å²) in [6.07, 6.45) is -9.53. The second kappa shape index (κ2) is 10.9. The molecule has 0 atom stereocenters. The highest BCUT2D eigenvalue weighted by molar-refractivity contribution is 5.69. The average Bonchev–Trinajstić information content (AvgIpc) is 2.77. The third-order valence-electron chi connectivity index (χ3n) is 4.71. The Morgan fingerprint density at radius 1 is 0.944 bits per heavy atom. The van der Waals surface area contributed by atoms with Gasteiger partial charge in [-0.15, -0.1) is 13.2 Å². The van der Waals surface area contributed by atoms with Crippen LogP contribution >= 0.6 is 0 Å². The highest BCUT2D eigenvalue weighted by atomic mass is 19.4. The molecule has 0 aliphatic heterocycles. The molecule has 0 saturated carbocycles. The molecule has 1 aromatic heterocycles. The molecule has 0 fully saturated rings. The van der Waals surface area contributed by atoms with Crippen LogP contribution < -0.4 is 20.1 Å². The molecule has 0 unspecified atom stereocenters. The maximum absolute atomic E-state index is 13.4. The summed E-state index contributed by atoms with van der Waals surface area (Å²) in [5.74, 6) is -0.541. The van der Waals surface area contributed by atoms with Gasteiger partial charge in [0.2, 0.25) is 5.95 Å². The van der Waals surface area contributed by atoms with Crippen LogP contribution in [-0.2, 0) is 6.18 Å². The minimum atomic E-state index is -4.87. The number of alkyl halides is 6. The molecule has 0 aliphatic carbocycles. The second-order valence-electron chi connectivity index (χ2n) is 7.81. The first-order chi connectivity index (χ1) is 16.8. The van der Waals surface area contributed by atoms with Crippen molar-refractivity contribution in [3.8, 4) is 22.8 Å². The standard InChI is InChI=1S/C23H23F6N5O2/c1-34(2)10-9-30-21-32-18(14-5-4-6-16(11-14)36-23(27,28)29)13-20(33-21)31-15-7-8-19(35-3)17(12-15)22(24,25)26/h4-8,11-13H,9-10H2,1-3H3,(H2,30,31,32,33). The second-order valence-corrected chi connectivity index (χ2v) is 7.81. The molecule has 0 radical (unpaired) electrons. The molecule has 2 aromatic carbocycles. The number of nitrogens with one attached hydrogen (secondary N) is 2. The summed E-state index contributed by atoms with van der Waals surface area (Å²) in [4.78, 5) is 10.5. The van der Waals surface area contributed by atoms with Gasteiger partial charge in [-0.3, -0.25) is 0 Å². The van der Waals surface area contributed by atoms with Gasteiger partial charge < -0.3 is 25.0 Å². The maximum Gasteiger partial charge on any atom is 0.573 e. The van der Waals surface area contributed by atoms with Crippen molar-refractivity contribution in [3.05, 3.63) is 54.1 Å². The summed E-state index contributed by atoms with van der Waals surface area (Å²) in [5, 5.41) is 5.81. The van der Waals surface area contributed by atoms with Gasteiger partial charge in [-0.1, -0.05) is 12.1 Å². The third-order valence-corrected chi connectivity index (χ3v) is 4.71. The number of halogens is 6. The van der Waals surface area contributed by atoms with E-state index in [1.165, 1.54) is 30.3 Å². The van der Waals surface area contributed by atoms with Crippen molar-refractivity contribution in [1.29, 1.82) is 0 Å². The normalized spacial score (nSPS) is 11.9.